The predicted octanol–water partition coefficient (Wildman–Crippen LogP) is 2.86. The molecule has 0 saturated heterocycles. The van der Waals surface area contributed by atoms with Gasteiger partial charge in [-0.15, -0.1) is 0 Å². The van der Waals surface area contributed by atoms with Crippen molar-refractivity contribution in [2.24, 2.45) is 0 Å². The molecule has 0 fully saturated rings. The van der Waals surface area contributed by atoms with Gasteiger partial charge in [0.25, 0.3) is 5.91 Å². The van der Waals surface area contributed by atoms with Crippen LogP contribution in [-0.2, 0) is 4.79 Å². The van der Waals surface area contributed by atoms with Crippen molar-refractivity contribution in [2.45, 2.75) is 19.1 Å². The topological polar surface area (TPSA) is 56.8 Å². The fourth-order valence-corrected chi connectivity index (χ4v) is 2.29. The van der Waals surface area contributed by atoms with E-state index in [9.17, 15) is 4.79 Å². The second kappa shape index (κ2) is 5.97. The Labute approximate surface area is 128 Å². The van der Waals surface area contributed by atoms with E-state index in [4.69, 9.17) is 14.2 Å². The van der Waals surface area contributed by atoms with E-state index in [-0.39, 0.29) is 12.0 Å². The highest BCUT2D eigenvalue weighted by Crippen LogP contribution is 2.33. The van der Waals surface area contributed by atoms with Gasteiger partial charge in [0.05, 0.1) is 7.11 Å². The minimum Gasteiger partial charge on any atom is -0.497 e. The zero-order valence-electron chi connectivity index (χ0n) is 12.4. The lowest BCUT2D eigenvalue weighted by Crippen LogP contribution is -2.46. The molecule has 0 radical (unpaired) electrons. The quantitative estimate of drug-likeness (QED) is 0.947. The smallest absolute Gasteiger partial charge is 0.269 e. The summed E-state index contributed by atoms with van der Waals surface area (Å²) < 4.78 is 16.6. The molecule has 0 unspecified atom stereocenters. The SMILES string of the molecule is COc1ccc(NC(=O)[C@@H]2Oc3ccccc3O[C@@H]2C)cc1. The van der Waals surface area contributed by atoms with E-state index < -0.39 is 6.10 Å². The average molecular weight is 299 g/mol. The van der Waals surface area contributed by atoms with Crippen LogP contribution in [0.15, 0.2) is 48.5 Å². The molecular formula is C17H17NO4. The summed E-state index contributed by atoms with van der Waals surface area (Å²) in [6.45, 7) is 1.81. The predicted molar refractivity (Wildman–Crippen MR) is 82.6 cm³/mol. The Morgan fingerprint density at radius 2 is 1.68 bits per heavy atom. The highest BCUT2D eigenvalue weighted by Gasteiger charge is 2.34. The van der Waals surface area contributed by atoms with Crippen LogP contribution < -0.4 is 19.5 Å². The van der Waals surface area contributed by atoms with Gasteiger partial charge in [-0.3, -0.25) is 4.79 Å². The van der Waals surface area contributed by atoms with Crippen LogP contribution in [0.5, 0.6) is 17.2 Å². The third-order valence-electron chi connectivity index (χ3n) is 3.46. The number of anilines is 1. The molecule has 1 aliphatic rings. The van der Waals surface area contributed by atoms with Crippen LogP contribution >= 0.6 is 0 Å². The Kier molecular flexibility index (Phi) is 3.87. The first-order valence-corrected chi connectivity index (χ1v) is 7.04. The molecule has 0 spiro atoms. The summed E-state index contributed by atoms with van der Waals surface area (Å²) in [4.78, 5) is 12.4. The van der Waals surface area contributed by atoms with Gasteiger partial charge < -0.3 is 19.5 Å². The summed E-state index contributed by atoms with van der Waals surface area (Å²) in [5, 5.41) is 2.82. The van der Waals surface area contributed by atoms with Crippen molar-refractivity contribution in [2.75, 3.05) is 12.4 Å². The number of benzene rings is 2. The molecule has 1 N–H and O–H groups in total. The van der Waals surface area contributed by atoms with Gasteiger partial charge in [0, 0.05) is 5.69 Å². The third kappa shape index (κ3) is 2.83. The maximum Gasteiger partial charge on any atom is 0.269 e. The molecule has 0 aliphatic carbocycles. The molecule has 2 atom stereocenters. The Morgan fingerprint density at radius 1 is 1.05 bits per heavy atom. The van der Waals surface area contributed by atoms with Crippen LogP contribution in [-0.4, -0.2) is 25.2 Å². The normalized spacial score (nSPS) is 19.4. The molecule has 114 valence electrons. The van der Waals surface area contributed by atoms with E-state index in [0.29, 0.717) is 17.2 Å². The first-order chi connectivity index (χ1) is 10.7. The average Bonchev–Trinajstić information content (AvgIpc) is 2.54. The van der Waals surface area contributed by atoms with Gasteiger partial charge in [0.15, 0.2) is 11.5 Å². The van der Waals surface area contributed by atoms with Gasteiger partial charge in [-0.2, -0.15) is 0 Å². The van der Waals surface area contributed by atoms with Crippen molar-refractivity contribution in [1.82, 2.24) is 0 Å². The molecule has 1 heterocycles. The molecular weight excluding hydrogens is 282 g/mol. The molecule has 2 aromatic rings. The molecule has 1 aliphatic heterocycles. The summed E-state index contributed by atoms with van der Waals surface area (Å²) in [6.07, 6.45) is -1.06. The first-order valence-electron chi connectivity index (χ1n) is 7.04. The van der Waals surface area contributed by atoms with Crippen molar-refractivity contribution < 1.29 is 19.0 Å². The van der Waals surface area contributed by atoms with E-state index >= 15 is 0 Å². The second-order valence-electron chi connectivity index (χ2n) is 5.03. The second-order valence-corrected chi connectivity index (χ2v) is 5.03. The number of hydrogen-bond acceptors (Lipinski definition) is 4. The largest absolute Gasteiger partial charge is 0.497 e. The lowest BCUT2D eigenvalue weighted by Gasteiger charge is -2.31. The van der Waals surface area contributed by atoms with Crippen molar-refractivity contribution in [3.05, 3.63) is 48.5 Å². The summed E-state index contributed by atoms with van der Waals surface area (Å²) in [5.41, 5.74) is 0.681. The number of ether oxygens (including phenoxy) is 3. The molecule has 0 bridgehead atoms. The molecule has 1 amide bonds. The zero-order valence-corrected chi connectivity index (χ0v) is 12.4. The highest BCUT2D eigenvalue weighted by molar-refractivity contribution is 5.95. The highest BCUT2D eigenvalue weighted by atomic mass is 16.6. The molecule has 22 heavy (non-hydrogen) atoms. The van der Waals surface area contributed by atoms with Crippen molar-refractivity contribution in [3.8, 4) is 17.2 Å². The van der Waals surface area contributed by atoms with Crippen LogP contribution in [0.3, 0.4) is 0 Å². The van der Waals surface area contributed by atoms with Crippen LogP contribution in [0, 0.1) is 0 Å². The lowest BCUT2D eigenvalue weighted by atomic mass is 10.1. The van der Waals surface area contributed by atoms with E-state index in [2.05, 4.69) is 5.32 Å². The van der Waals surface area contributed by atoms with Crippen LogP contribution in [0.25, 0.3) is 0 Å². The Balaban J connectivity index is 1.72. The number of para-hydroxylation sites is 2. The van der Waals surface area contributed by atoms with E-state index in [1.54, 1.807) is 37.4 Å². The number of amides is 1. The maximum absolute atomic E-state index is 12.4. The number of carbonyl (C=O) groups is 1. The van der Waals surface area contributed by atoms with E-state index in [0.717, 1.165) is 5.75 Å². The third-order valence-corrected chi connectivity index (χ3v) is 3.46. The van der Waals surface area contributed by atoms with Crippen LogP contribution in [0.4, 0.5) is 5.69 Å². The number of carbonyl (C=O) groups excluding carboxylic acids is 1. The summed E-state index contributed by atoms with van der Waals surface area (Å²) in [5.74, 6) is 1.73. The molecule has 2 aromatic carbocycles. The minimum atomic E-state index is -0.697. The fraction of sp³-hybridized carbons (Fsp3) is 0.235. The van der Waals surface area contributed by atoms with Gasteiger partial charge in [-0.1, -0.05) is 12.1 Å². The van der Waals surface area contributed by atoms with Gasteiger partial charge in [-0.25, -0.2) is 0 Å². The zero-order chi connectivity index (χ0) is 15.5. The Hall–Kier alpha value is -2.69. The van der Waals surface area contributed by atoms with Crippen molar-refractivity contribution >= 4 is 11.6 Å². The van der Waals surface area contributed by atoms with Gasteiger partial charge in [0.1, 0.15) is 11.9 Å². The number of rotatable bonds is 3. The summed E-state index contributed by atoms with van der Waals surface area (Å²) in [6, 6.07) is 14.4. The summed E-state index contributed by atoms with van der Waals surface area (Å²) >= 11 is 0. The Bertz CT molecular complexity index is 669. The fourth-order valence-electron chi connectivity index (χ4n) is 2.29. The number of hydrogen-bond donors (Lipinski definition) is 1. The molecule has 5 heteroatoms. The van der Waals surface area contributed by atoms with Crippen LogP contribution in [0.1, 0.15) is 6.92 Å². The summed E-state index contributed by atoms with van der Waals surface area (Å²) in [7, 11) is 1.60. The van der Waals surface area contributed by atoms with E-state index in [1.807, 2.05) is 25.1 Å². The number of fused-ring (bicyclic) bond motifs is 1. The lowest BCUT2D eigenvalue weighted by molar-refractivity contribution is -0.128. The van der Waals surface area contributed by atoms with Gasteiger partial charge >= 0.3 is 0 Å². The number of methoxy groups -OCH3 is 1. The van der Waals surface area contributed by atoms with Gasteiger partial charge in [-0.05, 0) is 43.3 Å². The van der Waals surface area contributed by atoms with Gasteiger partial charge in [0.2, 0.25) is 6.10 Å². The monoisotopic (exact) mass is 299 g/mol. The Morgan fingerprint density at radius 3 is 2.32 bits per heavy atom. The maximum atomic E-state index is 12.4. The van der Waals surface area contributed by atoms with Crippen molar-refractivity contribution in [1.29, 1.82) is 0 Å². The molecule has 5 nitrogen and oxygen atoms in total. The molecule has 0 saturated carbocycles. The number of nitrogens with one attached hydrogen (secondary N) is 1. The standard InChI is InChI=1S/C17H17NO4/c1-11-16(22-15-6-4-3-5-14(15)21-11)17(19)18-12-7-9-13(20-2)10-8-12/h3-11,16H,1-2H3,(H,18,19)/t11-,16-/m1/s1. The minimum absolute atomic E-state index is 0.243. The molecule has 3 rings (SSSR count). The molecule has 0 aromatic heterocycles. The van der Waals surface area contributed by atoms with E-state index in [1.165, 1.54) is 0 Å². The van der Waals surface area contributed by atoms with Crippen molar-refractivity contribution in [3.63, 3.8) is 0 Å². The van der Waals surface area contributed by atoms with Crippen LogP contribution in [0.2, 0.25) is 0 Å². The first kappa shape index (κ1) is 14.3.